The van der Waals surface area contributed by atoms with Gasteiger partial charge in [-0.1, -0.05) is 121 Å². The molecule has 64 heavy (non-hydrogen) atoms. The highest BCUT2D eigenvalue weighted by molar-refractivity contribution is 6.09. The zero-order valence-corrected chi connectivity index (χ0v) is 36.7. The van der Waals surface area contributed by atoms with Gasteiger partial charge in [-0.15, -0.1) is 0 Å². The molecule has 0 atom stereocenters. The molecule has 0 saturated carbocycles. The quantitative estimate of drug-likeness (QED) is 0.122. The molecule has 3 aromatic heterocycles. The summed E-state index contributed by atoms with van der Waals surface area (Å²) in [6.07, 6.45) is 0. The zero-order valence-electron chi connectivity index (χ0n) is 36.7. The summed E-state index contributed by atoms with van der Waals surface area (Å²) in [6.45, 7) is 0. The van der Waals surface area contributed by atoms with Crippen LogP contribution >= 0.6 is 0 Å². The Morgan fingerprint density at radius 2 is 0.484 bits per heavy atom. The van der Waals surface area contributed by atoms with Crippen molar-refractivity contribution in [2.75, 3.05) is 56.9 Å². The van der Waals surface area contributed by atoms with Crippen LogP contribution in [-0.4, -0.2) is 76.8 Å². The molecule has 7 aromatic rings. The fourth-order valence-corrected chi connectivity index (χ4v) is 8.72. The van der Waals surface area contributed by atoms with E-state index >= 15 is 0 Å². The van der Waals surface area contributed by atoms with Crippen molar-refractivity contribution in [3.05, 3.63) is 144 Å². The van der Waals surface area contributed by atoms with Gasteiger partial charge in [-0.2, -0.15) is 0 Å². The number of nitrogens with one attached hydrogen (secondary N) is 2. The van der Waals surface area contributed by atoms with Crippen LogP contribution in [0.3, 0.4) is 0 Å². The van der Waals surface area contributed by atoms with E-state index in [0.717, 1.165) is 22.3 Å². The number of aromatic nitrogens is 4. The molecule has 5 heterocycles. The van der Waals surface area contributed by atoms with Crippen LogP contribution in [0.1, 0.15) is 22.8 Å². The third kappa shape index (κ3) is 6.53. The van der Waals surface area contributed by atoms with Crippen molar-refractivity contribution in [3.8, 4) is 67.5 Å². The summed E-state index contributed by atoms with van der Waals surface area (Å²) in [4.78, 5) is 18.6. The van der Waals surface area contributed by atoms with Crippen LogP contribution in [0.4, 0.5) is 0 Å². The highest BCUT2D eigenvalue weighted by Gasteiger charge is 2.36. The van der Waals surface area contributed by atoms with E-state index in [1.54, 1.807) is 56.9 Å². The number of hydrogen-bond acceptors (Lipinski definition) is 10. The molecule has 0 aliphatic carbocycles. The molecule has 0 unspecified atom stereocenters. The van der Waals surface area contributed by atoms with E-state index in [9.17, 15) is 0 Å². The van der Waals surface area contributed by atoms with Gasteiger partial charge in [0.05, 0.1) is 78.9 Å². The Morgan fingerprint density at radius 1 is 0.281 bits per heavy atom. The van der Waals surface area contributed by atoms with Gasteiger partial charge in [-0.05, 0) is 22.3 Å². The van der Waals surface area contributed by atoms with Gasteiger partial charge in [0, 0.05) is 22.3 Å². The largest absolute Gasteiger partial charge is 0.491 e. The van der Waals surface area contributed by atoms with Crippen LogP contribution in [0.15, 0.2) is 121 Å². The predicted octanol–water partition coefficient (Wildman–Crippen LogP) is 11.3. The van der Waals surface area contributed by atoms with E-state index in [0.29, 0.717) is 113 Å². The molecule has 0 radical (unpaired) electrons. The molecule has 322 valence electrons. The van der Waals surface area contributed by atoms with Crippen LogP contribution in [0.5, 0.6) is 23.0 Å². The van der Waals surface area contributed by atoms with Crippen molar-refractivity contribution in [3.63, 3.8) is 0 Å². The lowest BCUT2D eigenvalue weighted by Gasteiger charge is -2.11. The molecular formula is C52H46N4O8. The Balaban J connectivity index is 1.70. The first-order valence-electron chi connectivity index (χ1n) is 20.4. The molecule has 0 spiro atoms. The Labute approximate surface area is 370 Å². The number of fused-ring (bicyclic) bond motifs is 8. The lowest BCUT2D eigenvalue weighted by molar-refractivity contribution is 0.331. The summed E-state index contributed by atoms with van der Waals surface area (Å²) >= 11 is 0. The van der Waals surface area contributed by atoms with Gasteiger partial charge < -0.3 is 47.9 Å². The van der Waals surface area contributed by atoms with Gasteiger partial charge in [0.15, 0.2) is 46.0 Å². The molecule has 0 amide bonds. The molecule has 4 aromatic carbocycles. The van der Waals surface area contributed by atoms with E-state index in [1.165, 1.54) is 0 Å². The second kappa shape index (κ2) is 17.3. The van der Waals surface area contributed by atoms with Gasteiger partial charge in [-0.3, -0.25) is 0 Å². The van der Waals surface area contributed by atoms with Crippen LogP contribution < -0.4 is 18.9 Å². The standard InChI is InChI=1S/C52H46N4O8/c1-57-45-37-33(29-21-13-9-14-22-29)39-47(59-3)49(61-5)41(54-39)35(31-25-17-11-18-26-31)43-51(63-7)52(64-8)44(56-43)36(32-27-19-12-20-28-32)42-50(62-6)48(60-4)40(55-42)34(30-23-15-10-16-24-30)38(53-37)46(45)58-2/h9-28,53,56H,1-8H3. The van der Waals surface area contributed by atoms with E-state index in [-0.39, 0.29) is 0 Å². The first-order chi connectivity index (χ1) is 31.5. The third-order valence-corrected chi connectivity index (χ3v) is 11.4. The first-order valence-corrected chi connectivity index (χ1v) is 20.4. The summed E-state index contributed by atoms with van der Waals surface area (Å²) in [6, 6.07) is 39.7. The number of H-pyrrole nitrogens is 2. The average Bonchev–Trinajstić information content (AvgIpc) is 4.10. The van der Waals surface area contributed by atoms with Crippen molar-refractivity contribution >= 4 is 45.1 Å². The number of methoxy groups -OCH3 is 8. The Morgan fingerprint density at radius 3 is 0.656 bits per heavy atom. The number of ether oxygens (including phenoxy) is 8. The molecule has 12 heteroatoms. The van der Waals surface area contributed by atoms with E-state index in [1.807, 2.05) is 121 Å². The van der Waals surface area contributed by atoms with Gasteiger partial charge in [-0.25, -0.2) is 9.97 Å². The summed E-state index contributed by atoms with van der Waals surface area (Å²) < 4.78 is 50.7. The van der Waals surface area contributed by atoms with Crippen molar-refractivity contribution < 1.29 is 37.9 Å². The lowest BCUT2D eigenvalue weighted by Crippen LogP contribution is -1.95. The smallest absolute Gasteiger partial charge is 0.189 e. The van der Waals surface area contributed by atoms with Gasteiger partial charge in [0.1, 0.15) is 22.8 Å². The Bertz CT molecular complexity index is 2710. The highest BCUT2D eigenvalue weighted by atomic mass is 16.5. The molecule has 9 rings (SSSR count). The van der Waals surface area contributed by atoms with Crippen molar-refractivity contribution in [2.24, 2.45) is 0 Å². The second-order valence-electron chi connectivity index (χ2n) is 14.6. The van der Waals surface area contributed by atoms with Crippen LogP contribution in [0, 0.1) is 0 Å². The maximum atomic E-state index is 6.34. The number of benzene rings is 4. The summed E-state index contributed by atoms with van der Waals surface area (Å²) in [5, 5.41) is 0. The second-order valence-corrected chi connectivity index (χ2v) is 14.6. The van der Waals surface area contributed by atoms with Gasteiger partial charge in [0.25, 0.3) is 0 Å². The van der Waals surface area contributed by atoms with E-state index in [2.05, 4.69) is 9.97 Å². The fourth-order valence-electron chi connectivity index (χ4n) is 8.72. The minimum Gasteiger partial charge on any atom is -0.491 e. The van der Waals surface area contributed by atoms with Crippen molar-refractivity contribution in [2.45, 2.75) is 0 Å². The van der Waals surface area contributed by atoms with Crippen LogP contribution in [0.2, 0.25) is 0 Å². The molecule has 12 nitrogen and oxygen atoms in total. The fraction of sp³-hybridized carbons (Fsp3) is 0.154. The van der Waals surface area contributed by atoms with Gasteiger partial charge in [0.2, 0.25) is 0 Å². The Hall–Kier alpha value is -8.12. The minimum atomic E-state index is 0.390. The van der Waals surface area contributed by atoms with E-state index < -0.39 is 0 Å². The van der Waals surface area contributed by atoms with E-state index in [4.69, 9.17) is 47.9 Å². The molecule has 0 saturated heterocycles. The molecule has 2 aliphatic rings. The summed E-state index contributed by atoms with van der Waals surface area (Å²) in [5.74, 6) is 3.23. The maximum Gasteiger partial charge on any atom is 0.189 e. The molecule has 8 bridgehead atoms. The summed E-state index contributed by atoms with van der Waals surface area (Å²) in [5.41, 5.74) is 9.93. The molecule has 2 N–H and O–H groups in total. The molecule has 2 aliphatic heterocycles. The predicted molar refractivity (Wildman–Crippen MR) is 251 cm³/mol. The number of rotatable bonds is 12. The topological polar surface area (TPSA) is 131 Å². The zero-order chi connectivity index (χ0) is 44.5. The molecular weight excluding hydrogens is 809 g/mol. The maximum absolute atomic E-state index is 6.34. The van der Waals surface area contributed by atoms with Crippen LogP contribution in [0.25, 0.3) is 89.6 Å². The van der Waals surface area contributed by atoms with Crippen LogP contribution in [-0.2, 0) is 18.9 Å². The highest BCUT2D eigenvalue weighted by Crippen LogP contribution is 2.52. The minimum absolute atomic E-state index is 0.390. The van der Waals surface area contributed by atoms with Gasteiger partial charge >= 0.3 is 0 Å². The normalized spacial score (nSPS) is 12.2. The van der Waals surface area contributed by atoms with Crippen molar-refractivity contribution in [1.29, 1.82) is 0 Å². The number of aromatic amines is 2. The Kier molecular flexibility index (Phi) is 11.2. The number of hydrogen-bond donors (Lipinski definition) is 2. The molecule has 0 fully saturated rings. The third-order valence-electron chi connectivity index (χ3n) is 11.4. The average molecular weight is 855 g/mol. The summed E-state index contributed by atoms with van der Waals surface area (Å²) in [7, 11) is 12.9. The lowest BCUT2D eigenvalue weighted by atomic mass is 10.0. The first kappa shape index (κ1) is 41.2. The monoisotopic (exact) mass is 854 g/mol. The van der Waals surface area contributed by atoms with Crippen molar-refractivity contribution in [1.82, 2.24) is 19.9 Å². The SMILES string of the molecule is COC1=C(OC)c2nc1c(-c1ccccc1)c1[nH]c(c(OC)c1OC)c(-c1ccccc1)c1nc(c(-c3ccccc3)c3[nH]c(c(OC)c3OC)c2-c2ccccc2)C(OC)=C1OC. The number of nitrogens with zero attached hydrogens (tertiary/aromatic N) is 2.